The SMILES string of the molecule is C#CCC1(C)c2ccccc2-c2ccccc21. The van der Waals surface area contributed by atoms with Gasteiger partial charge in [0.05, 0.1) is 0 Å². The third-order valence-corrected chi connectivity index (χ3v) is 3.79. The Kier molecular flexibility index (Phi) is 2.09. The molecule has 0 atom stereocenters. The van der Waals surface area contributed by atoms with E-state index in [1.165, 1.54) is 22.3 Å². The van der Waals surface area contributed by atoms with Crippen LogP contribution in [0.2, 0.25) is 0 Å². The maximum Gasteiger partial charge on any atom is 0.0296 e. The van der Waals surface area contributed by atoms with E-state index in [2.05, 4.69) is 61.4 Å². The number of fused-ring (bicyclic) bond motifs is 3. The molecule has 0 heterocycles. The van der Waals surface area contributed by atoms with Crippen molar-refractivity contribution in [3.05, 3.63) is 59.7 Å². The Morgan fingerprint density at radius 3 is 1.88 bits per heavy atom. The lowest BCUT2D eigenvalue weighted by Gasteiger charge is -2.24. The van der Waals surface area contributed by atoms with Crippen LogP contribution >= 0.6 is 0 Å². The quantitative estimate of drug-likeness (QED) is 0.635. The molecule has 82 valence electrons. The summed E-state index contributed by atoms with van der Waals surface area (Å²) in [5, 5.41) is 0. The molecule has 0 N–H and O–H groups in total. The summed E-state index contributed by atoms with van der Waals surface area (Å²) in [6.07, 6.45) is 6.31. The molecule has 3 rings (SSSR count). The second-order valence-corrected chi connectivity index (χ2v) is 4.80. The van der Waals surface area contributed by atoms with Crippen molar-refractivity contribution >= 4 is 0 Å². The molecule has 0 amide bonds. The first-order valence-electron chi connectivity index (χ1n) is 5.90. The van der Waals surface area contributed by atoms with Crippen LogP contribution in [0.25, 0.3) is 11.1 Å². The highest BCUT2D eigenvalue weighted by molar-refractivity contribution is 5.80. The summed E-state index contributed by atoms with van der Waals surface area (Å²) in [6.45, 7) is 2.25. The van der Waals surface area contributed by atoms with E-state index in [-0.39, 0.29) is 5.41 Å². The monoisotopic (exact) mass is 218 g/mol. The van der Waals surface area contributed by atoms with E-state index >= 15 is 0 Å². The molecular formula is C17H14. The molecule has 2 aromatic carbocycles. The Labute approximate surface area is 102 Å². The number of hydrogen-bond acceptors (Lipinski definition) is 0. The lowest BCUT2D eigenvalue weighted by Crippen LogP contribution is -2.19. The van der Waals surface area contributed by atoms with Crippen molar-refractivity contribution in [2.45, 2.75) is 18.8 Å². The van der Waals surface area contributed by atoms with Crippen molar-refractivity contribution in [1.82, 2.24) is 0 Å². The number of hydrogen-bond donors (Lipinski definition) is 0. The van der Waals surface area contributed by atoms with Gasteiger partial charge in [-0.25, -0.2) is 0 Å². The summed E-state index contributed by atoms with van der Waals surface area (Å²) in [5.74, 6) is 2.83. The van der Waals surface area contributed by atoms with Gasteiger partial charge < -0.3 is 0 Å². The Balaban J connectivity index is 2.36. The second kappa shape index (κ2) is 3.50. The third kappa shape index (κ3) is 1.26. The summed E-state index contributed by atoms with van der Waals surface area (Å²) in [4.78, 5) is 0. The van der Waals surface area contributed by atoms with Crippen LogP contribution in [0.1, 0.15) is 24.5 Å². The van der Waals surface area contributed by atoms with Gasteiger partial charge in [-0.05, 0) is 22.3 Å². The molecule has 0 heteroatoms. The fourth-order valence-corrected chi connectivity index (χ4v) is 2.94. The van der Waals surface area contributed by atoms with Crippen LogP contribution in [0.5, 0.6) is 0 Å². The Morgan fingerprint density at radius 2 is 1.41 bits per heavy atom. The topological polar surface area (TPSA) is 0 Å². The van der Waals surface area contributed by atoms with Gasteiger partial charge in [-0.15, -0.1) is 12.3 Å². The first kappa shape index (κ1) is 10.2. The predicted molar refractivity (Wildman–Crippen MR) is 71.8 cm³/mol. The standard InChI is InChI=1S/C17H14/c1-3-12-17(2)15-10-6-4-8-13(15)14-9-5-7-11-16(14)17/h1,4-11H,12H2,2H3. The molecule has 2 aromatic rings. The highest BCUT2D eigenvalue weighted by Crippen LogP contribution is 2.50. The maximum atomic E-state index is 5.56. The van der Waals surface area contributed by atoms with Crippen molar-refractivity contribution in [2.24, 2.45) is 0 Å². The molecule has 0 fully saturated rings. The fourth-order valence-electron chi connectivity index (χ4n) is 2.94. The Bertz CT molecular complexity index is 568. The van der Waals surface area contributed by atoms with Gasteiger partial charge in [0.1, 0.15) is 0 Å². The Morgan fingerprint density at radius 1 is 0.941 bits per heavy atom. The second-order valence-electron chi connectivity index (χ2n) is 4.80. The van der Waals surface area contributed by atoms with Gasteiger partial charge >= 0.3 is 0 Å². The average molecular weight is 218 g/mol. The molecule has 0 nitrogen and oxygen atoms in total. The van der Waals surface area contributed by atoms with Crippen molar-refractivity contribution in [3.63, 3.8) is 0 Å². The molecule has 0 aromatic heterocycles. The Hall–Kier alpha value is -2.00. The summed E-state index contributed by atoms with van der Waals surface area (Å²) >= 11 is 0. The maximum absolute atomic E-state index is 5.56. The molecule has 0 saturated carbocycles. The molecule has 0 radical (unpaired) electrons. The van der Waals surface area contributed by atoms with E-state index in [9.17, 15) is 0 Å². The van der Waals surface area contributed by atoms with Crippen LogP contribution in [0.15, 0.2) is 48.5 Å². The van der Waals surface area contributed by atoms with E-state index < -0.39 is 0 Å². The smallest absolute Gasteiger partial charge is 0.0296 e. The van der Waals surface area contributed by atoms with E-state index in [4.69, 9.17) is 6.42 Å². The minimum absolute atomic E-state index is 0.0259. The highest BCUT2D eigenvalue weighted by Gasteiger charge is 2.37. The average Bonchev–Trinajstić information content (AvgIpc) is 2.62. The van der Waals surface area contributed by atoms with Crippen LogP contribution in [-0.4, -0.2) is 0 Å². The van der Waals surface area contributed by atoms with Gasteiger partial charge in [-0.3, -0.25) is 0 Å². The van der Waals surface area contributed by atoms with Crippen molar-refractivity contribution in [1.29, 1.82) is 0 Å². The van der Waals surface area contributed by atoms with Crippen LogP contribution < -0.4 is 0 Å². The molecule has 1 aliphatic carbocycles. The predicted octanol–water partition coefficient (Wildman–Crippen LogP) is 4.00. The van der Waals surface area contributed by atoms with Gasteiger partial charge in [0.2, 0.25) is 0 Å². The summed E-state index contributed by atoms with van der Waals surface area (Å²) in [5.41, 5.74) is 5.36. The van der Waals surface area contributed by atoms with Gasteiger partial charge in [0.25, 0.3) is 0 Å². The third-order valence-electron chi connectivity index (χ3n) is 3.79. The van der Waals surface area contributed by atoms with Crippen molar-refractivity contribution < 1.29 is 0 Å². The number of rotatable bonds is 1. The molecular weight excluding hydrogens is 204 g/mol. The van der Waals surface area contributed by atoms with Crippen molar-refractivity contribution in [2.75, 3.05) is 0 Å². The first-order chi connectivity index (χ1) is 8.27. The van der Waals surface area contributed by atoms with Crippen LogP contribution in [0.3, 0.4) is 0 Å². The van der Waals surface area contributed by atoms with E-state index in [1.807, 2.05) is 0 Å². The normalized spacial score (nSPS) is 14.8. The summed E-state index contributed by atoms with van der Waals surface area (Å²) < 4.78 is 0. The van der Waals surface area contributed by atoms with Crippen LogP contribution in [-0.2, 0) is 5.41 Å². The van der Waals surface area contributed by atoms with Crippen molar-refractivity contribution in [3.8, 4) is 23.5 Å². The summed E-state index contributed by atoms with van der Waals surface area (Å²) in [7, 11) is 0. The molecule has 0 bridgehead atoms. The van der Waals surface area contributed by atoms with E-state index in [1.54, 1.807) is 0 Å². The molecule has 1 aliphatic rings. The van der Waals surface area contributed by atoms with Crippen LogP contribution in [0, 0.1) is 12.3 Å². The van der Waals surface area contributed by atoms with E-state index in [0.717, 1.165) is 6.42 Å². The largest absolute Gasteiger partial charge is 0.120 e. The van der Waals surface area contributed by atoms with Crippen LogP contribution in [0.4, 0.5) is 0 Å². The lowest BCUT2D eigenvalue weighted by atomic mass is 9.78. The minimum Gasteiger partial charge on any atom is -0.120 e. The zero-order valence-electron chi connectivity index (χ0n) is 9.90. The molecule has 0 aliphatic heterocycles. The number of benzene rings is 2. The zero-order chi connectivity index (χ0) is 11.9. The minimum atomic E-state index is -0.0259. The molecule has 17 heavy (non-hydrogen) atoms. The van der Waals surface area contributed by atoms with Gasteiger partial charge in [-0.1, -0.05) is 55.5 Å². The first-order valence-corrected chi connectivity index (χ1v) is 5.90. The number of terminal acetylenes is 1. The summed E-state index contributed by atoms with van der Waals surface area (Å²) in [6, 6.07) is 17.2. The molecule has 0 saturated heterocycles. The molecule has 0 spiro atoms. The van der Waals surface area contributed by atoms with E-state index in [0.29, 0.717) is 0 Å². The highest BCUT2D eigenvalue weighted by atomic mass is 14.4. The fraction of sp³-hybridized carbons (Fsp3) is 0.176. The molecule has 0 unspecified atom stereocenters. The van der Waals surface area contributed by atoms with Gasteiger partial charge in [-0.2, -0.15) is 0 Å². The van der Waals surface area contributed by atoms with Gasteiger partial charge in [0, 0.05) is 11.8 Å². The lowest BCUT2D eigenvalue weighted by molar-refractivity contribution is 0.607. The zero-order valence-corrected chi connectivity index (χ0v) is 9.90. The van der Waals surface area contributed by atoms with Gasteiger partial charge in [0.15, 0.2) is 0 Å².